The molecule has 1 aromatic heterocycles. The van der Waals surface area contributed by atoms with E-state index < -0.39 is 0 Å². The summed E-state index contributed by atoms with van der Waals surface area (Å²) >= 11 is 0. The van der Waals surface area contributed by atoms with Crippen LogP contribution in [0.15, 0.2) is 22.8 Å². The fourth-order valence-corrected chi connectivity index (χ4v) is 1.23. The molecule has 1 rings (SSSR count). The quantitative estimate of drug-likeness (QED) is 0.805. The molecule has 1 heterocycles. The molecular weight excluding hydrogens is 226 g/mol. The minimum absolute atomic E-state index is 0. The molecular formula is C12H22ClNO2. The van der Waals surface area contributed by atoms with Crippen LogP contribution in [0.2, 0.25) is 0 Å². The van der Waals surface area contributed by atoms with Crippen LogP contribution in [0.5, 0.6) is 0 Å². The molecule has 0 radical (unpaired) electrons. The minimum Gasteiger partial charge on any atom is -0.468 e. The highest BCUT2D eigenvalue weighted by Crippen LogP contribution is 2.00. The second-order valence-corrected chi connectivity index (χ2v) is 4.29. The highest BCUT2D eigenvalue weighted by atomic mass is 35.5. The molecule has 0 aliphatic heterocycles. The Morgan fingerprint density at radius 3 is 2.62 bits per heavy atom. The van der Waals surface area contributed by atoms with Gasteiger partial charge in [0.2, 0.25) is 0 Å². The Kier molecular flexibility index (Phi) is 8.35. The third kappa shape index (κ3) is 6.88. The monoisotopic (exact) mass is 247 g/mol. The zero-order valence-electron chi connectivity index (χ0n) is 10.2. The lowest BCUT2D eigenvalue weighted by Gasteiger charge is -2.14. The van der Waals surface area contributed by atoms with Crippen LogP contribution in [0, 0.1) is 5.92 Å². The predicted molar refractivity (Wildman–Crippen MR) is 67.9 cm³/mol. The fourth-order valence-electron chi connectivity index (χ4n) is 1.23. The minimum atomic E-state index is 0. The summed E-state index contributed by atoms with van der Waals surface area (Å²) in [6.07, 6.45) is 1.69. The molecule has 16 heavy (non-hydrogen) atoms. The lowest BCUT2D eigenvalue weighted by molar-refractivity contribution is 0.0931. The van der Waals surface area contributed by atoms with Crippen LogP contribution >= 0.6 is 12.4 Å². The highest BCUT2D eigenvalue weighted by Gasteiger charge is 2.03. The number of furan rings is 1. The van der Waals surface area contributed by atoms with E-state index in [1.165, 1.54) is 0 Å². The van der Waals surface area contributed by atoms with Gasteiger partial charge in [0, 0.05) is 12.6 Å². The second kappa shape index (κ2) is 8.62. The smallest absolute Gasteiger partial charge is 0.117 e. The highest BCUT2D eigenvalue weighted by molar-refractivity contribution is 5.85. The molecule has 0 fully saturated rings. The SMILES string of the molecule is CC(C)COCC(C)NCc1ccco1.Cl. The number of halogens is 1. The van der Waals surface area contributed by atoms with Crippen molar-refractivity contribution in [3.8, 4) is 0 Å². The third-order valence-electron chi connectivity index (χ3n) is 2.02. The van der Waals surface area contributed by atoms with Crippen LogP contribution in [-0.2, 0) is 11.3 Å². The van der Waals surface area contributed by atoms with Crippen LogP contribution in [0.1, 0.15) is 26.5 Å². The molecule has 0 saturated carbocycles. The number of ether oxygens (including phenoxy) is 1. The molecule has 4 heteroatoms. The molecule has 0 aromatic carbocycles. The van der Waals surface area contributed by atoms with E-state index in [1.807, 2.05) is 12.1 Å². The predicted octanol–water partition coefficient (Wildman–Crippen LogP) is 2.85. The van der Waals surface area contributed by atoms with E-state index in [9.17, 15) is 0 Å². The van der Waals surface area contributed by atoms with E-state index in [0.717, 1.165) is 25.5 Å². The Morgan fingerprint density at radius 1 is 1.31 bits per heavy atom. The molecule has 1 unspecified atom stereocenters. The molecule has 0 bridgehead atoms. The van der Waals surface area contributed by atoms with Gasteiger partial charge in [-0.25, -0.2) is 0 Å². The number of rotatable bonds is 7. The maximum atomic E-state index is 5.53. The van der Waals surface area contributed by atoms with E-state index in [4.69, 9.17) is 9.15 Å². The summed E-state index contributed by atoms with van der Waals surface area (Å²) in [6, 6.07) is 4.22. The van der Waals surface area contributed by atoms with E-state index in [0.29, 0.717) is 12.0 Å². The van der Waals surface area contributed by atoms with Gasteiger partial charge in [-0.15, -0.1) is 12.4 Å². The van der Waals surface area contributed by atoms with Crippen LogP contribution in [0.3, 0.4) is 0 Å². The summed E-state index contributed by atoms with van der Waals surface area (Å²) in [5, 5.41) is 3.34. The molecule has 94 valence electrons. The molecule has 0 amide bonds. The summed E-state index contributed by atoms with van der Waals surface area (Å²) in [5.74, 6) is 1.56. The average molecular weight is 248 g/mol. The first kappa shape index (κ1) is 15.5. The lowest BCUT2D eigenvalue weighted by Crippen LogP contribution is -2.30. The van der Waals surface area contributed by atoms with Gasteiger partial charge >= 0.3 is 0 Å². The maximum absolute atomic E-state index is 5.53. The Balaban J connectivity index is 0.00000225. The summed E-state index contributed by atoms with van der Waals surface area (Å²) < 4.78 is 10.8. The summed E-state index contributed by atoms with van der Waals surface area (Å²) in [4.78, 5) is 0. The molecule has 3 nitrogen and oxygen atoms in total. The first-order chi connectivity index (χ1) is 7.18. The number of hydrogen-bond acceptors (Lipinski definition) is 3. The first-order valence-corrected chi connectivity index (χ1v) is 5.52. The first-order valence-electron chi connectivity index (χ1n) is 5.52. The molecule has 0 saturated heterocycles. The molecule has 0 aliphatic carbocycles. The van der Waals surface area contributed by atoms with Gasteiger partial charge in [0.15, 0.2) is 0 Å². The zero-order valence-corrected chi connectivity index (χ0v) is 11.0. The van der Waals surface area contributed by atoms with Crippen LogP contribution in [0.4, 0.5) is 0 Å². The van der Waals surface area contributed by atoms with E-state index in [1.54, 1.807) is 6.26 Å². The van der Waals surface area contributed by atoms with Crippen molar-refractivity contribution in [1.29, 1.82) is 0 Å². The molecule has 1 aromatic rings. The Morgan fingerprint density at radius 2 is 2.06 bits per heavy atom. The van der Waals surface area contributed by atoms with Crippen molar-refractivity contribution in [3.63, 3.8) is 0 Å². The number of hydrogen-bond donors (Lipinski definition) is 1. The molecule has 0 spiro atoms. The summed E-state index contributed by atoms with van der Waals surface area (Å²) in [6.45, 7) is 8.76. The summed E-state index contributed by atoms with van der Waals surface area (Å²) in [7, 11) is 0. The lowest BCUT2D eigenvalue weighted by atomic mass is 10.2. The van der Waals surface area contributed by atoms with Gasteiger partial charge in [-0.3, -0.25) is 0 Å². The van der Waals surface area contributed by atoms with Crippen molar-refractivity contribution < 1.29 is 9.15 Å². The van der Waals surface area contributed by atoms with Gasteiger partial charge < -0.3 is 14.5 Å². The summed E-state index contributed by atoms with van der Waals surface area (Å²) in [5.41, 5.74) is 0. The topological polar surface area (TPSA) is 34.4 Å². The fraction of sp³-hybridized carbons (Fsp3) is 0.667. The van der Waals surface area contributed by atoms with Gasteiger partial charge in [0.05, 0.1) is 19.4 Å². The Labute approximate surface area is 104 Å². The van der Waals surface area contributed by atoms with Crippen molar-refractivity contribution in [1.82, 2.24) is 5.32 Å². The van der Waals surface area contributed by atoms with Crippen molar-refractivity contribution >= 4 is 12.4 Å². The van der Waals surface area contributed by atoms with Crippen molar-refractivity contribution in [2.75, 3.05) is 13.2 Å². The van der Waals surface area contributed by atoms with Crippen LogP contribution < -0.4 is 5.32 Å². The van der Waals surface area contributed by atoms with Crippen molar-refractivity contribution in [3.05, 3.63) is 24.2 Å². The van der Waals surface area contributed by atoms with Gasteiger partial charge in [0.25, 0.3) is 0 Å². The Bertz CT molecular complexity index is 250. The van der Waals surface area contributed by atoms with Crippen molar-refractivity contribution in [2.24, 2.45) is 5.92 Å². The van der Waals surface area contributed by atoms with Crippen molar-refractivity contribution in [2.45, 2.75) is 33.4 Å². The zero-order chi connectivity index (χ0) is 11.1. The normalized spacial score (nSPS) is 12.5. The molecule has 1 N–H and O–H groups in total. The van der Waals surface area contributed by atoms with Gasteiger partial charge in [-0.1, -0.05) is 13.8 Å². The molecule has 0 aliphatic rings. The molecule has 1 atom stereocenters. The Hall–Kier alpha value is -0.510. The van der Waals surface area contributed by atoms with Gasteiger partial charge in [-0.2, -0.15) is 0 Å². The standard InChI is InChI=1S/C12H21NO2.ClH/c1-10(2)8-14-9-11(3)13-7-12-5-4-6-15-12;/h4-6,10-11,13H,7-9H2,1-3H3;1H. The average Bonchev–Trinajstić information content (AvgIpc) is 2.66. The largest absolute Gasteiger partial charge is 0.468 e. The van der Waals surface area contributed by atoms with E-state index in [-0.39, 0.29) is 12.4 Å². The second-order valence-electron chi connectivity index (χ2n) is 4.29. The maximum Gasteiger partial charge on any atom is 0.117 e. The van der Waals surface area contributed by atoms with Crippen LogP contribution in [-0.4, -0.2) is 19.3 Å². The number of nitrogens with one attached hydrogen (secondary N) is 1. The van der Waals surface area contributed by atoms with E-state index in [2.05, 4.69) is 26.1 Å². The van der Waals surface area contributed by atoms with Gasteiger partial charge in [-0.05, 0) is 25.0 Å². The van der Waals surface area contributed by atoms with Crippen LogP contribution in [0.25, 0.3) is 0 Å². The third-order valence-corrected chi connectivity index (χ3v) is 2.02. The van der Waals surface area contributed by atoms with Gasteiger partial charge in [0.1, 0.15) is 5.76 Å². The van der Waals surface area contributed by atoms with E-state index >= 15 is 0 Å².